The second-order valence-electron chi connectivity index (χ2n) is 6.78. The van der Waals surface area contributed by atoms with Crippen LogP contribution in [0.5, 0.6) is 0 Å². The molecule has 0 aromatic heterocycles. The normalized spacial score (nSPS) is 20.4. The number of para-hydroxylation sites is 1. The van der Waals surface area contributed by atoms with Gasteiger partial charge in [0, 0.05) is 18.0 Å². The van der Waals surface area contributed by atoms with Gasteiger partial charge in [0.2, 0.25) is 0 Å². The fraction of sp³-hybridized carbons (Fsp3) is 0.273. The lowest BCUT2D eigenvalue weighted by Crippen LogP contribution is -2.29. The van der Waals surface area contributed by atoms with Crippen molar-refractivity contribution >= 4 is 46.0 Å². The van der Waals surface area contributed by atoms with Gasteiger partial charge in [0.15, 0.2) is 5.17 Å². The molecule has 28 heavy (non-hydrogen) atoms. The first kappa shape index (κ1) is 19.2. The molecule has 0 unspecified atom stereocenters. The highest BCUT2D eigenvalue weighted by molar-refractivity contribution is 8.19. The van der Waals surface area contributed by atoms with Crippen molar-refractivity contribution in [2.75, 3.05) is 18.0 Å². The maximum absolute atomic E-state index is 13.2. The average Bonchev–Trinajstić information content (AvgIpc) is 3.20. The van der Waals surface area contributed by atoms with Gasteiger partial charge < -0.3 is 4.90 Å². The van der Waals surface area contributed by atoms with Crippen LogP contribution in [-0.2, 0) is 4.79 Å². The largest absolute Gasteiger partial charge is 0.334 e. The van der Waals surface area contributed by atoms with E-state index in [1.807, 2.05) is 25.1 Å². The minimum absolute atomic E-state index is 0.0461. The first-order chi connectivity index (χ1) is 13.5. The molecule has 2 aromatic rings. The minimum atomic E-state index is 0.0461. The van der Waals surface area contributed by atoms with E-state index in [2.05, 4.69) is 49.9 Å². The number of fused-ring (bicyclic) bond motifs is 1. The molecule has 144 valence electrons. The molecule has 2 aliphatic heterocycles. The van der Waals surface area contributed by atoms with Gasteiger partial charge in [-0.15, -0.1) is 0 Å². The van der Waals surface area contributed by atoms with Crippen LogP contribution in [0.2, 0.25) is 0 Å². The lowest BCUT2D eigenvalue weighted by atomic mass is 10.1. The number of aryl methyl sites for hydroxylation is 2. The summed E-state index contributed by atoms with van der Waals surface area (Å²) in [5.74, 6) is 0.0461. The monoisotopic (exact) mass is 409 g/mol. The van der Waals surface area contributed by atoms with Gasteiger partial charge >= 0.3 is 0 Å². The second-order valence-corrected chi connectivity index (χ2v) is 8.79. The van der Waals surface area contributed by atoms with Crippen LogP contribution in [0.4, 0.5) is 11.4 Å². The molecule has 1 amide bonds. The zero-order chi connectivity index (χ0) is 19.8. The van der Waals surface area contributed by atoms with E-state index in [-0.39, 0.29) is 5.91 Å². The number of amides is 1. The molecule has 0 bridgehead atoms. The zero-order valence-electron chi connectivity index (χ0n) is 16.5. The SMILES string of the molecule is CCN1C(=O)C(=C2Sc3ccccc3N2CC)SC1=Nc1ccc(C)cc1C. The maximum Gasteiger partial charge on any atom is 0.269 e. The molecule has 4 rings (SSSR count). The van der Waals surface area contributed by atoms with Crippen LogP contribution in [0.15, 0.2) is 62.3 Å². The number of benzene rings is 2. The van der Waals surface area contributed by atoms with E-state index < -0.39 is 0 Å². The quantitative estimate of drug-likeness (QED) is 0.610. The van der Waals surface area contributed by atoms with E-state index in [1.54, 1.807) is 16.7 Å². The van der Waals surface area contributed by atoms with Gasteiger partial charge in [0.1, 0.15) is 9.93 Å². The van der Waals surface area contributed by atoms with Crippen LogP contribution >= 0.6 is 23.5 Å². The van der Waals surface area contributed by atoms with Gasteiger partial charge in [-0.1, -0.05) is 41.6 Å². The molecule has 4 nitrogen and oxygen atoms in total. The first-order valence-electron chi connectivity index (χ1n) is 9.47. The van der Waals surface area contributed by atoms with E-state index in [9.17, 15) is 4.79 Å². The molecule has 6 heteroatoms. The van der Waals surface area contributed by atoms with E-state index >= 15 is 0 Å². The lowest BCUT2D eigenvalue weighted by molar-refractivity contribution is -0.122. The summed E-state index contributed by atoms with van der Waals surface area (Å²) in [4.78, 5) is 24.0. The summed E-state index contributed by atoms with van der Waals surface area (Å²) in [5, 5.41) is 1.78. The second kappa shape index (κ2) is 7.68. The number of likely N-dealkylation sites (N-methyl/N-ethyl adjacent to an activating group) is 1. The summed E-state index contributed by atoms with van der Waals surface area (Å²) in [6, 6.07) is 14.5. The van der Waals surface area contributed by atoms with Crippen molar-refractivity contribution < 1.29 is 4.79 Å². The van der Waals surface area contributed by atoms with Crippen LogP contribution in [0.25, 0.3) is 0 Å². The molecule has 0 spiro atoms. The summed E-state index contributed by atoms with van der Waals surface area (Å²) < 4.78 is 0. The highest BCUT2D eigenvalue weighted by Crippen LogP contribution is 2.50. The number of nitrogens with zero attached hydrogens (tertiary/aromatic N) is 3. The Labute approximate surface area is 174 Å². The third-order valence-electron chi connectivity index (χ3n) is 4.87. The number of anilines is 1. The maximum atomic E-state index is 13.2. The van der Waals surface area contributed by atoms with Crippen molar-refractivity contribution in [3.8, 4) is 0 Å². The van der Waals surface area contributed by atoms with Gasteiger partial charge in [0.25, 0.3) is 5.91 Å². The van der Waals surface area contributed by atoms with E-state index in [0.717, 1.165) is 32.9 Å². The Morgan fingerprint density at radius 2 is 1.71 bits per heavy atom. The van der Waals surface area contributed by atoms with Crippen molar-refractivity contribution in [1.82, 2.24) is 4.90 Å². The Morgan fingerprint density at radius 1 is 0.964 bits per heavy atom. The number of thioether (sulfide) groups is 2. The summed E-state index contributed by atoms with van der Waals surface area (Å²) >= 11 is 3.17. The molecule has 1 saturated heterocycles. The highest BCUT2D eigenvalue weighted by Gasteiger charge is 2.38. The lowest BCUT2D eigenvalue weighted by Gasteiger charge is -2.19. The van der Waals surface area contributed by atoms with E-state index in [0.29, 0.717) is 6.54 Å². The molecule has 0 saturated carbocycles. The van der Waals surface area contributed by atoms with Crippen molar-refractivity contribution in [3.63, 3.8) is 0 Å². The molecule has 0 radical (unpaired) electrons. The fourth-order valence-corrected chi connectivity index (χ4v) is 5.90. The number of hydrogen-bond donors (Lipinski definition) is 0. The summed E-state index contributed by atoms with van der Waals surface area (Å²) in [6.07, 6.45) is 0. The van der Waals surface area contributed by atoms with Crippen LogP contribution in [0.1, 0.15) is 25.0 Å². The van der Waals surface area contributed by atoms with Crippen LogP contribution in [0, 0.1) is 13.8 Å². The molecule has 2 aliphatic rings. The number of carbonyl (C=O) groups excluding carboxylic acids is 1. The van der Waals surface area contributed by atoms with E-state index in [1.165, 1.54) is 27.9 Å². The minimum Gasteiger partial charge on any atom is -0.334 e. The Kier molecular flexibility index (Phi) is 5.25. The molecular formula is C22H23N3OS2. The highest BCUT2D eigenvalue weighted by atomic mass is 32.2. The first-order valence-corrected chi connectivity index (χ1v) is 11.1. The fourth-order valence-electron chi connectivity index (χ4n) is 3.45. The molecule has 2 heterocycles. The molecule has 2 aromatic carbocycles. The molecular weight excluding hydrogens is 386 g/mol. The average molecular weight is 410 g/mol. The third-order valence-corrected chi connectivity index (χ3v) is 7.25. The van der Waals surface area contributed by atoms with Crippen molar-refractivity contribution in [2.24, 2.45) is 4.99 Å². The van der Waals surface area contributed by atoms with Crippen molar-refractivity contribution in [3.05, 3.63) is 63.5 Å². The standard InChI is InChI=1S/C22H23N3OS2/c1-5-24-17-9-7-8-10-18(17)27-21(24)19-20(26)25(6-2)22(28-19)23-16-12-11-14(3)13-15(16)4/h7-13H,5-6H2,1-4H3. The van der Waals surface area contributed by atoms with Gasteiger partial charge in [-0.05, 0) is 63.2 Å². The topological polar surface area (TPSA) is 35.9 Å². The van der Waals surface area contributed by atoms with Crippen LogP contribution in [-0.4, -0.2) is 29.1 Å². The third kappa shape index (κ3) is 3.25. The summed E-state index contributed by atoms with van der Waals surface area (Å²) in [6.45, 7) is 9.69. The number of amidine groups is 1. The molecule has 0 N–H and O–H groups in total. The summed E-state index contributed by atoms with van der Waals surface area (Å²) in [5.41, 5.74) is 4.43. The number of hydrogen-bond acceptors (Lipinski definition) is 5. The van der Waals surface area contributed by atoms with Crippen LogP contribution < -0.4 is 4.90 Å². The summed E-state index contributed by atoms with van der Waals surface area (Å²) in [7, 11) is 0. The zero-order valence-corrected chi connectivity index (χ0v) is 18.2. The smallest absolute Gasteiger partial charge is 0.269 e. The van der Waals surface area contributed by atoms with Crippen LogP contribution in [0.3, 0.4) is 0 Å². The van der Waals surface area contributed by atoms with Gasteiger partial charge in [-0.25, -0.2) is 4.99 Å². The van der Waals surface area contributed by atoms with Gasteiger partial charge in [-0.2, -0.15) is 0 Å². The van der Waals surface area contributed by atoms with Gasteiger partial charge in [-0.3, -0.25) is 9.69 Å². The number of carbonyl (C=O) groups is 1. The molecule has 0 aliphatic carbocycles. The predicted octanol–water partition coefficient (Wildman–Crippen LogP) is 5.69. The van der Waals surface area contributed by atoms with E-state index in [4.69, 9.17) is 4.99 Å². The van der Waals surface area contributed by atoms with Crippen molar-refractivity contribution in [1.29, 1.82) is 0 Å². The molecule has 0 atom stereocenters. The Balaban J connectivity index is 1.76. The Hall–Kier alpha value is -2.18. The molecule has 1 fully saturated rings. The Bertz CT molecular complexity index is 1010. The Morgan fingerprint density at radius 3 is 2.43 bits per heavy atom. The number of aliphatic imine (C=N–C) groups is 1. The van der Waals surface area contributed by atoms with Gasteiger partial charge in [0.05, 0.1) is 11.4 Å². The van der Waals surface area contributed by atoms with Crippen molar-refractivity contribution in [2.45, 2.75) is 32.6 Å². The number of rotatable bonds is 3. The predicted molar refractivity (Wildman–Crippen MR) is 120 cm³/mol.